The van der Waals surface area contributed by atoms with Crippen LogP contribution in [-0.2, 0) is 17.8 Å². The van der Waals surface area contributed by atoms with Crippen LogP contribution in [0, 0.1) is 0 Å². The number of anilines is 1. The molecule has 1 N–H and O–H groups in total. The van der Waals surface area contributed by atoms with Gasteiger partial charge in [-0.1, -0.05) is 0 Å². The van der Waals surface area contributed by atoms with Gasteiger partial charge in [-0.15, -0.1) is 0 Å². The number of nitrogens with one attached hydrogen (secondary N) is 1. The predicted molar refractivity (Wildman–Crippen MR) is 68.3 cm³/mol. The summed E-state index contributed by atoms with van der Waals surface area (Å²) in [5.74, 6) is 1.49. The minimum atomic E-state index is -0.736. The smallest absolute Gasteiger partial charge is 0.163 e. The Labute approximate surface area is 102 Å². The molecule has 0 saturated carbocycles. The van der Waals surface area contributed by atoms with Crippen LogP contribution in [0.2, 0.25) is 0 Å². The lowest BCUT2D eigenvalue weighted by molar-refractivity contribution is 0.685. The molecule has 0 saturated heterocycles. The van der Waals surface area contributed by atoms with Gasteiger partial charge in [-0.2, -0.15) is 5.10 Å². The fourth-order valence-electron chi connectivity index (χ4n) is 1.59. The summed E-state index contributed by atoms with van der Waals surface area (Å²) in [5, 5.41) is 8.27. The standard InChI is InChI=1S/C10H15N5OS/c1-15-10-8(6-14-15)9(12-7-13-10)11-4-3-5-17(2)16/h6-7H,3-5H2,1-2H3,(H,11,12,13). The van der Waals surface area contributed by atoms with Crippen molar-refractivity contribution in [3.05, 3.63) is 12.5 Å². The van der Waals surface area contributed by atoms with Gasteiger partial charge in [0.25, 0.3) is 0 Å². The molecule has 1 atom stereocenters. The largest absolute Gasteiger partial charge is 0.369 e. The molecule has 0 aliphatic heterocycles. The Morgan fingerprint density at radius 1 is 1.47 bits per heavy atom. The Morgan fingerprint density at radius 2 is 2.29 bits per heavy atom. The summed E-state index contributed by atoms with van der Waals surface area (Å²) in [6.07, 6.45) is 5.83. The lowest BCUT2D eigenvalue weighted by Crippen LogP contribution is -2.07. The molecular weight excluding hydrogens is 238 g/mol. The van der Waals surface area contributed by atoms with Gasteiger partial charge in [0, 0.05) is 36.4 Å². The predicted octanol–water partition coefficient (Wildman–Crippen LogP) is 0.544. The molecule has 0 bridgehead atoms. The van der Waals surface area contributed by atoms with Crippen molar-refractivity contribution in [3.63, 3.8) is 0 Å². The first kappa shape index (κ1) is 12.0. The van der Waals surface area contributed by atoms with Crippen LogP contribution >= 0.6 is 0 Å². The topological polar surface area (TPSA) is 72.7 Å². The highest BCUT2D eigenvalue weighted by Crippen LogP contribution is 2.17. The quantitative estimate of drug-likeness (QED) is 0.788. The van der Waals surface area contributed by atoms with Crippen molar-refractivity contribution in [2.24, 2.45) is 7.05 Å². The number of fused-ring (bicyclic) bond motifs is 1. The Kier molecular flexibility index (Phi) is 3.68. The molecule has 0 fully saturated rings. The molecule has 6 nitrogen and oxygen atoms in total. The molecule has 2 aromatic heterocycles. The molecule has 0 aromatic carbocycles. The molecule has 0 radical (unpaired) electrons. The van der Waals surface area contributed by atoms with Crippen molar-refractivity contribution in [1.29, 1.82) is 0 Å². The average molecular weight is 253 g/mol. The van der Waals surface area contributed by atoms with Gasteiger partial charge in [0.15, 0.2) is 5.65 Å². The Balaban J connectivity index is 2.06. The minimum absolute atomic E-state index is 0.703. The summed E-state index contributed by atoms with van der Waals surface area (Å²) in [5.41, 5.74) is 0.807. The van der Waals surface area contributed by atoms with Gasteiger partial charge in [0.2, 0.25) is 0 Å². The molecule has 0 spiro atoms. The fourth-order valence-corrected chi connectivity index (χ4v) is 2.14. The van der Waals surface area contributed by atoms with E-state index < -0.39 is 10.8 Å². The first-order valence-electron chi connectivity index (χ1n) is 5.35. The molecule has 0 amide bonds. The summed E-state index contributed by atoms with van der Waals surface area (Å²) in [4.78, 5) is 8.34. The van der Waals surface area contributed by atoms with Crippen molar-refractivity contribution in [2.75, 3.05) is 23.9 Å². The van der Waals surface area contributed by atoms with Crippen LogP contribution < -0.4 is 5.32 Å². The van der Waals surface area contributed by atoms with E-state index in [0.717, 1.165) is 29.8 Å². The van der Waals surface area contributed by atoms with Crippen molar-refractivity contribution >= 4 is 27.7 Å². The highest BCUT2D eigenvalue weighted by Gasteiger charge is 2.06. The van der Waals surface area contributed by atoms with Crippen molar-refractivity contribution < 1.29 is 4.21 Å². The van der Waals surface area contributed by atoms with E-state index >= 15 is 0 Å². The number of hydrogen-bond donors (Lipinski definition) is 1. The molecule has 0 aliphatic carbocycles. The summed E-state index contributed by atoms with van der Waals surface area (Å²) in [7, 11) is 1.11. The number of aryl methyl sites for hydroxylation is 1. The zero-order valence-electron chi connectivity index (χ0n) is 9.88. The highest BCUT2D eigenvalue weighted by molar-refractivity contribution is 7.84. The molecule has 1 unspecified atom stereocenters. The maximum Gasteiger partial charge on any atom is 0.163 e. The van der Waals surface area contributed by atoms with Crippen LogP contribution in [0.5, 0.6) is 0 Å². The average Bonchev–Trinajstić information content (AvgIpc) is 2.67. The molecule has 0 aliphatic rings. The third-order valence-electron chi connectivity index (χ3n) is 2.43. The van der Waals surface area contributed by atoms with Crippen LogP contribution in [0.25, 0.3) is 11.0 Å². The summed E-state index contributed by atoms with van der Waals surface area (Å²) < 4.78 is 12.6. The van der Waals surface area contributed by atoms with Crippen molar-refractivity contribution in [2.45, 2.75) is 6.42 Å². The molecule has 2 heterocycles. The van der Waals surface area contributed by atoms with Gasteiger partial charge in [0.05, 0.1) is 11.6 Å². The zero-order valence-corrected chi connectivity index (χ0v) is 10.7. The van der Waals surface area contributed by atoms with Crippen LogP contribution in [0.1, 0.15) is 6.42 Å². The molecule has 92 valence electrons. The third-order valence-corrected chi connectivity index (χ3v) is 3.29. The van der Waals surface area contributed by atoms with Crippen molar-refractivity contribution in [3.8, 4) is 0 Å². The van der Waals surface area contributed by atoms with Crippen LogP contribution in [0.4, 0.5) is 5.82 Å². The van der Waals surface area contributed by atoms with Gasteiger partial charge in [-0.05, 0) is 6.42 Å². The second-order valence-corrected chi connectivity index (χ2v) is 5.34. The molecule has 7 heteroatoms. The van der Waals surface area contributed by atoms with E-state index in [1.54, 1.807) is 17.1 Å². The molecule has 2 rings (SSSR count). The summed E-state index contributed by atoms with van der Waals surface area (Å²) >= 11 is 0. The first-order valence-corrected chi connectivity index (χ1v) is 7.08. The van der Waals surface area contributed by atoms with E-state index in [1.165, 1.54) is 6.33 Å². The third kappa shape index (κ3) is 2.79. The number of hydrogen-bond acceptors (Lipinski definition) is 5. The molecular formula is C10H15N5OS. The van der Waals surface area contributed by atoms with Crippen molar-refractivity contribution in [1.82, 2.24) is 19.7 Å². The normalized spacial score (nSPS) is 12.8. The second-order valence-electron chi connectivity index (χ2n) is 3.79. The van der Waals surface area contributed by atoms with E-state index in [1.807, 2.05) is 7.05 Å². The lowest BCUT2D eigenvalue weighted by Gasteiger charge is -2.05. The fraction of sp³-hybridized carbons (Fsp3) is 0.500. The number of nitrogens with zero attached hydrogens (tertiary/aromatic N) is 4. The Bertz CT molecular complexity index is 538. The van der Waals surface area contributed by atoms with E-state index in [2.05, 4.69) is 20.4 Å². The van der Waals surface area contributed by atoms with Gasteiger partial charge in [-0.25, -0.2) is 9.97 Å². The van der Waals surface area contributed by atoms with Gasteiger partial charge >= 0.3 is 0 Å². The number of rotatable bonds is 5. The number of aromatic nitrogens is 4. The van der Waals surface area contributed by atoms with Crippen LogP contribution in [0.3, 0.4) is 0 Å². The summed E-state index contributed by atoms with van der Waals surface area (Å²) in [6, 6.07) is 0. The van der Waals surface area contributed by atoms with Gasteiger partial charge in [0.1, 0.15) is 12.1 Å². The van der Waals surface area contributed by atoms with E-state index in [9.17, 15) is 4.21 Å². The zero-order chi connectivity index (χ0) is 12.3. The summed E-state index contributed by atoms with van der Waals surface area (Å²) in [6.45, 7) is 0.751. The minimum Gasteiger partial charge on any atom is -0.369 e. The first-order chi connectivity index (χ1) is 8.18. The second kappa shape index (κ2) is 5.22. The highest BCUT2D eigenvalue weighted by atomic mass is 32.2. The van der Waals surface area contributed by atoms with Crippen LogP contribution in [0.15, 0.2) is 12.5 Å². The maximum absolute atomic E-state index is 10.9. The molecule has 17 heavy (non-hydrogen) atoms. The SMILES string of the molecule is Cn1ncc2c(NCCCS(C)=O)ncnc21. The van der Waals surface area contributed by atoms with Crippen LogP contribution in [-0.4, -0.2) is 42.5 Å². The van der Waals surface area contributed by atoms with E-state index in [4.69, 9.17) is 0 Å². The van der Waals surface area contributed by atoms with E-state index in [-0.39, 0.29) is 0 Å². The van der Waals surface area contributed by atoms with E-state index in [0.29, 0.717) is 5.75 Å². The van der Waals surface area contributed by atoms with Gasteiger partial charge in [-0.3, -0.25) is 8.89 Å². The monoisotopic (exact) mass is 253 g/mol. The Morgan fingerprint density at radius 3 is 3.06 bits per heavy atom. The lowest BCUT2D eigenvalue weighted by atomic mass is 10.4. The molecule has 2 aromatic rings. The Hall–Kier alpha value is -1.50. The maximum atomic E-state index is 10.9. The van der Waals surface area contributed by atoms with Gasteiger partial charge < -0.3 is 5.32 Å².